The van der Waals surface area contributed by atoms with Crippen LogP contribution in [0.3, 0.4) is 0 Å². The molecule has 0 saturated carbocycles. The van der Waals surface area contributed by atoms with Crippen LogP contribution in [0.4, 0.5) is 12.9 Å². The predicted molar refractivity (Wildman–Crippen MR) is 50.7 cm³/mol. The maximum atomic E-state index is 11.7. The summed E-state index contributed by atoms with van der Waals surface area (Å²) in [5, 5.41) is 0. The Hall–Kier alpha value is 0.365. The Kier molecular flexibility index (Phi) is 6.10. The maximum absolute atomic E-state index is 11.7. The highest BCUT2D eigenvalue weighted by Crippen LogP contribution is 2.20. The second-order valence-corrected chi connectivity index (χ2v) is 3.78. The molecular weight excluding hydrogens is 255 g/mol. The van der Waals surface area contributed by atoms with E-state index in [-0.39, 0.29) is 4.48 Å². The molecule has 0 aromatic heterocycles. The fraction of sp³-hybridized carbons (Fsp3) is 0.667. The average molecular weight is 264 g/mol. The first kappa shape index (κ1) is 12.4. The van der Waals surface area contributed by atoms with Crippen LogP contribution in [0.5, 0.6) is 0 Å². The minimum Gasteiger partial charge on any atom is -0.445 e. The predicted octanol–water partition coefficient (Wildman–Crippen LogP) is 4.06. The van der Waals surface area contributed by atoms with E-state index in [1.54, 1.807) is 0 Å². The van der Waals surface area contributed by atoms with Crippen LogP contribution in [-0.2, 0) is 0 Å². The molecule has 0 aliphatic heterocycles. The normalized spacial score (nSPS) is 13.6. The summed E-state index contributed by atoms with van der Waals surface area (Å²) >= 11 is 8.22. The molecule has 0 bridgehead atoms. The van der Waals surface area contributed by atoms with Crippen LogP contribution in [0.2, 0.25) is 0 Å². The summed E-state index contributed by atoms with van der Waals surface area (Å²) < 4.78 is 35.4. The third-order valence-corrected chi connectivity index (χ3v) is 2.10. The molecule has 0 radical (unpaired) electrons. The molecular formula is C6H9BBrClF3-. The second-order valence-electron chi connectivity index (χ2n) is 2.39. The number of rotatable bonds is 5. The Morgan fingerprint density at radius 3 is 2.33 bits per heavy atom. The van der Waals surface area contributed by atoms with Gasteiger partial charge in [0.1, 0.15) is 0 Å². The number of allylic oxidation sites excluding steroid dienone is 1. The van der Waals surface area contributed by atoms with Gasteiger partial charge in [-0.3, -0.25) is 0 Å². The quantitative estimate of drug-likeness (QED) is 0.399. The number of alkyl halides is 1. The average Bonchev–Trinajstić information content (AvgIpc) is 1.84. The standard InChI is InChI=1S/C6H9BBrClF3/c8-6(3-1-2-4-9)5-7(10,11)12/h5H,1-4H2/q-1. The largest absolute Gasteiger partial charge is 0.503 e. The fourth-order valence-corrected chi connectivity index (χ4v) is 1.45. The van der Waals surface area contributed by atoms with Crippen molar-refractivity contribution in [2.45, 2.75) is 19.3 Å². The van der Waals surface area contributed by atoms with Crippen molar-refractivity contribution in [3.63, 3.8) is 0 Å². The van der Waals surface area contributed by atoms with Crippen molar-refractivity contribution in [2.75, 3.05) is 5.88 Å². The van der Waals surface area contributed by atoms with Gasteiger partial charge in [0.05, 0.1) is 0 Å². The third-order valence-electron chi connectivity index (χ3n) is 1.17. The molecule has 0 spiro atoms. The van der Waals surface area contributed by atoms with Crippen molar-refractivity contribution >= 4 is 34.5 Å². The zero-order valence-electron chi connectivity index (χ0n) is 6.37. The van der Waals surface area contributed by atoms with Crippen molar-refractivity contribution in [1.29, 1.82) is 0 Å². The van der Waals surface area contributed by atoms with Gasteiger partial charge in [-0.2, -0.15) is 0 Å². The lowest BCUT2D eigenvalue weighted by molar-refractivity contribution is 0.498. The highest BCUT2D eigenvalue weighted by molar-refractivity contribution is 9.11. The molecule has 0 heterocycles. The first-order valence-corrected chi connectivity index (χ1v) is 4.91. The topological polar surface area (TPSA) is 0 Å². The summed E-state index contributed by atoms with van der Waals surface area (Å²) in [5.41, 5.74) is 0. The number of hydrogen-bond donors (Lipinski definition) is 0. The Balaban J connectivity index is 3.71. The van der Waals surface area contributed by atoms with Crippen LogP contribution < -0.4 is 0 Å². The molecule has 0 atom stereocenters. The lowest BCUT2D eigenvalue weighted by atomic mass is 9.91. The van der Waals surface area contributed by atoms with Crippen LogP contribution in [0, 0.1) is 0 Å². The molecule has 0 rings (SSSR count). The van der Waals surface area contributed by atoms with E-state index in [9.17, 15) is 12.9 Å². The van der Waals surface area contributed by atoms with Crippen LogP contribution >= 0.6 is 27.5 Å². The van der Waals surface area contributed by atoms with Crippen molar-refractivity contribution in [2.24, 2.45) is 0 Å². The zero-order chi connectivity index (χ0) is 9.61. The molecule has 0 aliphatic carbocycles. The number of halogens is 5. The van der Waals surface area contributed by atoms with Crippen molar-refractivity contribution in [3.8, 4) is 0 Å². The summed E-state index contributed by atoms with van der Waals surface area (Å²) in [6, 6.07) is 0. The molecule has 0 aromatic carbocycles. The van der Waals surface area contributed by atoms with E-state index in [0.717, 1.165) is 6.42 Å². The summed E-state index contributed by atoms with van der Waals surface area (Å²) in [6.45, 7) is -4.81. The smallest absolute Gasteiger partial charge is 0.445 e. The lowest BCUT2D eigenvalue weighted by Gasteiger charge is -2.08. The molecule has 0 fully saturated rings. The van der Waals surface area contributed by atoms with Gasteiger partial charge in [-0.15, -0.1) is 17.6 Å². The Labute approximate surface area is 83.3 Å². The van der Waals surface area contributed by atoms with Gasteiger partial charge in [0.15, 0.2) is 0 Å². The molecule has 0 unspecified atom stereocenters. The van der Waals surface area contributed by atoms with E-state index < -0.39 is 6.98 Å². The van der Waals surface area contributed by atoms with Crippen LogP contribution in [0.1, 0.15) is 19.3 Å². The molecule has 6 heteroatoms. The van der Waals surface area contributed by atoms with E-state index in [0.29, 0.717) is 24.7 Å². The summed E-state index contributed by atoms with van der Waals surface area (Å²) in [6.07, 6.45) is 1.84. The molecule has 0 aliphatic rings. The highest BCUT2D eigenvalue weighted by Gasteiger charge is 2.18. The van der Waals surface area contributed by atoms with Gasteiger partial charge < -0.3 is 12.9 Å². The lowest BCUT2D eigenvalue weighted by Crippen LogP contribution is -2.10. The Bertz CT molecular complexity index is 157. The van der Waals surface area contributed by atoms with Gasteiger partial charge in [0, 0.05) is 5.88 Å². The fourth-order valence-electron chi connectivity index (χ4n) is 0.677. The van der Waals surface area contributed by atoms with Crippen LogP contribution in [0.25, 0.3) is 0 Å². The van der Waals surface area contributed by atoms with E-state index >= 15 is 0 Å². The van der Waals surface area contributed by atoms with Gasteiger partial charge in [0.25, 0.3) is 0 Å². The minimum absolute atomic E-state index is 0.208. The van der Waals surface area contributed by atoms with E-state index in [1.165, 1.54) is 0 Å². The molecule has 0 saturated heterocycles. The second kappa shape index (κ2) is 5.92. The molecule has 0 aromatic rings. The van der Waals surface area contributed by atoms with E-state index in [2.05, 4.69) is 15.9 Å². The molecule has 0 N–H and O–H groups in total. The van der Waals surface area contributed by atoms with Gasteiger partial charge in [-0.1, -0.05) is 15.9 Å². The van der Waals surface area contributed by atoms with Gasteiger partial charge in [0.2, 0.25) is 0 Å². The maximum Gasteiger partial charge on any atom is 0.503 e. The molecule has 0 amide bonds. The van der Waals surface area contributed by atoms with Crippen LogP contribution in [0.15, 0.2) is 10.5 Å². The minimum atomic E-state index is -4.81. The summed E-state index contributed by atoms with van der Waals surface area (Å²) in [5.74, 6) is 0.825. The van der Waals surface area contributed by atoms with E-state index in [4.69, 9.17) is 11.6 Å². The molecule has 12 heavy (non-hydrogen) atoms. The monoisotopic (exact) mass is 263 g/mol. The Morgan fingerprint density at radius 1 is 1.33 bits per heavy atom. The summed E-state index contributed by atoms with van der Waals surface area (Å²) in [4.78, 5) is 0. The van der Waals surface area contributed by atoms with Crippen molar-refractivity contribution < 1.29 is 12.9 Å². The van der Waals surface area contributed by atoms with Crippen molar-refractivity contribution in [3.05, 3.63) is 10.5 Å². The first-order chi connectivity index (χ1) is 5.45. The number of hydrogen-bond acceptors (Lipinski definition) is 0. The highest BCUT2D eigenvalue weighted by atomic mass is 79.9. The molecule has 0 nitrogen and oxygen atoms in total. The number of unbranched alkanes of at least 4 members (excludes halogenated alkanes) is 1. The van der Waals surface area contributed by atoms with Gasteiger partial charge in [-0.25, -0.2) is 0 Å². The zero-order valence-corrected chi connectivity index (χ0v) is 8.71. The summed E-state index contributed by atoms with van der Waals surface area (Å²) in [7, 11) is 0. The first-order valence-electron chi connectivity index (χ1n) is 3.59. The Morgan fingerprint density at radius 2 is 1.92 bits per heavy atom. The van der Waals surface area contributed by atoms with E-state index in [1.807, 2.05) is 0 Å². The van der Waals surface area contributed by atoms with Crippen LogP contribution in [-0.4, -0.2) is 12.9 Å². The van der Waals surface area contributed by atoms with Gasteiger partial charge in [-0.05, 0) is 23.7 Å². The molecule has 72 valence electrons. The third kappa shape index (κ3) is 8.46. The van der Waals surface area contributed by atoms with Gasteiger partial charge >= 0.3 is 6.98 Å². The SMILES string of the molecule is F[B-](F)(F)C=C(Br)CCCCCl. The van der Waals surface area contributed by atoms with Crippen molar-refractivity contribution in [1.82, 2.24) is 0 Å².